The third-order valence-electron chi connectivity index (χ3n) is 8.03. The first-order valence-electron chi connectivity index (χ1n) is 13.7. The number of piperidine rings is 1. The van der Waals surface area contributed by atoms with Gasteiger partial charge in [-0.2, -0.15) is 0 Å². The molecule has 40 heavy (non-hydrogen) atoms. The minimum Gasteiger partial charge on any atom is -0.493 e. The molecule has 0 amide bonds. The molecule has 1 saturated heterocycles. The van der Waals surface area contributed by atoms with Crippen molar-refractivity contribution in [3.05, 3.63) is 101 Å². The molecule has 2 heterocycles. The number of fused-ring (bicyclic) bond motifs is 3. The second kappa shape index (κ2) is 10.6. The van der Waals surface area contributed by atoms with Crippen molar-refractivity contribution in [3.8, 4) is 17.2 Å². The van der Waals surface area contributed by atoms with Gasteiger partial charge in [0.1, 0.15) is 5.75 Å². The van der Waals surface area contributed by atoms with Gasteiger partial charge in [0.15, 0.2) is 17.1 Å². The van der Waals surface area contributed by atoms with E-state index >= 15 is 0 Å². The Morgan fingerprint density at radius 1 is 0.825 bits per heavy atom. The fraction of sp³-hybridized carbons (Fsp3) is 0.265. The highest BCUT2D eigenvalue weighted by molar-refractivity contribution is 6.06. The fourth-order valence-corrected chi connectivity index (χ4v) is 5.97. The predicted octanol–water partition coefficient (Wildman–Crippen LogP) is 6.98. The van der Waals surface area contributed by atoms with Crippen molar-refractivity contribution < 1.29 is 23.7 Å². The highest BCUT2D eigenvalue weighted by atomic mass is 16.5. The molecule has 4 aromatic carbocycles. The van der Waals surface area contributed by atoms with Gasteiger partial charge in [0.2, 0.25) is 0 Å². The first kappa shape index (κ1) is 25.8. The van der Waals surface area contributed by atoms with Crippen LogP contribution >= 0.6 is 0 Å². The van der Waals surface area contributed by atoms with E-state index in [2.05, 4.69) is 41.3 Å². The Hall–Kier alpha value is -4.45. The van der Waals surface area contributed by atoms with Gasteiger partial charge in [0, 0.05) is 46.2 Å². The molecule has 2 aliphatic heterocycles. The van der Waals surface area contributed by atoms with E-state index in [4.69, 9.17) is 18.9 Å². The number of ether oxygens (including phenoxy) is 4. The zero-order valence-electron chi connectivity index (χ0n) is 23.1. The minimum absolute atomic E-state index is 0.398. The zero-order valence-corrected chi connectivity index (χ0v) is 23.1. The van der Waals surface area contributed by atoms with Gasteiger partial charge < -0.3 is 23.8 Å². The first-order chi connectivity index (χ1) is 19.6. The lowest BCUT2D eigenvalue weighted by Crippen LogP contribution is -2.35. The monoisotopic (exact) mass is 535 g/mol. The van der Waals surface area contributed by atoms with E-state index in [0.717, 1.165) is 29.6 Å². The van der Waals surface area contributed by atoms with Gasteiger partial charge in [0.25, 0.3) is 0 Å². The number of carbonyl (C=O) groups is 1. The molecule has 4 aromatic rings. The molecule has 0 radical (unpaired) electrons. The third kappa shape index (κ3) is 4.24. The van der Waals surface area contributed by atoms with Crippen LogP contribution in [0.1, 0.15) is 46.3 Å². The number of benzene rings is 4. The number of methoxy groups -OCH3 is 3. The van der Waals surface area contributed by atoms with Gasteiger partial charge in [-0.05, 0) is 61.7 Å². The SMILES string of the molecule is COC(=O)c1cc2c(OC)c(OC)ccc2c2c1C=CC(c1ccccc1)(c1ccc(N3CCCCC3)cc1)O2. The van der Waals surface area contributed by atoms with Crippen molar-refractivity contribution in [1.82, 2.24) is 0 Å². The molecule has 6 nitrogen and oxygen atoms in total. The maximum absolute atomic E-state index is 13.0. The molecule has 0 bridgehead atoms. The summed E-state index contributed by atoms with van der Waals surface area (Å²) in [6.45, 7) is 2.17. The molecule has 204 valence electrons. The number of carbonyl (C=O) groups excluding carboxylic acids is 1. The summed E-state index contributed by atoms with van der Waals surface area (Å²) in [5.41, 5.74) is 3.36. The molecule has 0 aliphatic carbocycles. The van der Waals surface area contributed by atoms with Crippen LogP contribution in [0, 0.1) is 0 Å². The molecule has 0 spiro atoms. The van der Waals surface area contributed by atoms with E-state index in [1.807, 2.05) is 42.5 Å². The highest BCUT2D eigenvalue weighted by Gasteiger charge is 2.39. The van der Waals surface area contributed by atoms with Crippen molar-refractivity contribution in [2.75, 3.05) is 39.3 Å². The van der Waals surface area contributed by atoms with Crippen LogP contribution in [0.15, 0.2) is 78.9 Å². The summed E-state index contributed by atoms with van der Waals surface area (Å²) in [5.74, 6) is 1.24. The zero-order chi connectivity index (χ0) is 27.7. The van der Waals surface area contributed by atoms with E-state index in [1.165, 1.54) is 32.1 Å². The van der Waals surface area contributed by atoms with Gasteiger partial charge in [-0.3, -0.25) is 0 Å². The van der Waals surface area contributed by atoms with Gasteiger partial charge in [-0.1, -0.05) is 42.5 Å². The van der Waals surface area contributed by atoms with Crippen molar-refractivity contribution in [2.24, 2.45) is 0 Å². The van der Waals surface area contributed by atoms with Crippen LogP contribution in [0.4, 0.5) is 5.69 Å². The van der Waals surface area contributed by atoms with Crippen LogP contribution in [0.2, 0.25) is 0 Å². The summed E-state index contributed by atoms with van der Waals surface area (Å²) in [6.07, 6.45) is 7.76. The Bertz CT molecular complexity index is 1570. The molecule has 1 atom stereocenters. The van der Waals surface area contributed by atoms with Crippen LogP contribution in [0.25, 0.3) is 16.8 Å². The highest BCUT2D eigenvalue weighted by Crippen LogP contribution is 2.49. The van der Waals surface area contributed by atoms with Gasteiger partial charge in [-0.25, -0.2) is 4.79 Å². The summed E-state index contributed by atoms with van der Waals surface area (Å²) >= 11 is 0. The Kier molecular flexibility index (Phi) is 6.84. The number of anilines is 1. The average molecular weight is 536 g/mol. The molecule has 0 aromatic heterocycles. The second-order valence-electron chi connectivity index (χ2n) is 10.2. The smallest absolute Gasteiger partial charge is 0.338 e. The number of rotatable bonds is 6. The number of nitrogens with zero attached hydrogens (tertiary/aromatic N) is 1. The van der Waals surface area contributed by atoms with Gasteiger partial charge >= 0.3 is 5.97 Å². The summed E-state index contributed by atoms with van der Waals surface area (Å²) < 4.78 is 23.6. The molecular formula is C34H33NO5. The van der Waals surface area contributed by atoms with Crippen LogP contribution in [-0.4, -0.2) is 40.4 Å². The molecular weight excluding hydrogens is 502 g/mol. The molecule has 1 fully saturated rings. The van der Waals surface area contributed by atoms with Crippen LogP contribution in [0.3, 0.4) is 0 Å². The number of hydrogen-bond donors (Lipinski definition) is 0. The Balaban J connectivity index is 1.56. The molecule has 6 heteroatoms. The third-order valence-corrected chi connectivity index (χ3v) is 8.03. The van der Waals surface area contributed by atoms with Gasteiger partial charge in [0.05, 0.1) is 26.9 Å². The normalized spacial score (nSPS) is 18.1. The molecule has 6 rings (SSSR count). The van der Waals surface area contributed by atoms with Crippen molar-refractivity contribution >= 4 is 28.5 Å². The first-order valence-corrected chi connectivity index (χ1v) is 13.7. The molecule has 1 unspecified atom stereocenters. The lowest BCUT2D eigenvalue weighted by atomic mass is 9.82. The maximum atomic E-state index is 13.0. The summed E-state index contributed by atoms with van der Waals surface area (Å²) in [5, 5.41) is 1.52. The average Bonchev–Trinajstić information content (AvgIpc) is 3.03. The Morgan fingerprint density at radius 3 is 2.23 bits per heavy atom. The standard InChI is InChI=1S/C34H33NO5/c1-37-30-17-16-26-28(32(30)38-2)22-29(33(36)39-3)27-18-19-34(40-31(26)27,23-10-6-4-7-11-23)24-12-14-25(15-13-24)35-20-8-5-9-21-35/h4,6-7,10-19,22H,5,8-9,20-21H2,1-3H3. The topological polar surface area (TPSA) is 57.2 Å². The quantitative estimate of drug-likeness (QED) is 0.248. The predicted molar refractivity (Wildman–Crippen MR) is 158 cm³/mol. The summed E-state index contributed by atoms with van der Waals surface area (Å²) in [4.78, 5) is 15.4. The number of esters is 1. The maximum Gasteiger partial charge on any atom is 0.338 e. The van der Waals surface area contributed by atoms with E-state index in [9.17, 15) is 4.79 Å². The van der Waals surface area contributed by atoms with E-state index in [1.54, 1.807) is 20.3 Å². The Labute approximate surface area is 234 Å². The fourth-order valence-electron chi connectivity index (χ4n) is 5.97. The summed E-state index contributed by atoms with van der Waals surface area (Å²) in [6, 6.07) is 24.5. The molecule has 0 saturated carbocycles. The van der Waals surface area contributed by atoms with Gasteiger partial charge in [-0.15, -0.1) is 0 Å². The lowest BCUT2D eigenvalue weighted by Gasteiger charge is -2.37. The van der Waals surface area contributed by atoms with Crippen LogP contribution < -0.4 is 19.1 Å². The second-order valence-corrected chi connectivity index (χ2v) is 10.2. The number of hydrogen-bond acceptors (Lipinski definition) is 6. The van der Waals surface area contributed by atoms with Crippen molar-refractivity contribution in [3.63, 3.8) is 0 Å². The van der Waals surface area contributed by atoms with Crippen molar-refractivity contribution in [1.29, 1.82) is 0 Å². The summed E-state index contributed by atoms with van der Waals surface area (Å²) in [7, 11) is 4.57. The Morgan fingerprint density at radius 2 is 1.55 bits per heavy atom. The lowest BCUT2D eigenvalue weighted by molar-refractivity contribution is 0.0599. The van der Waals surface area contributed by atoms with E-state index in [0.29, 0.717) is 33.8 Å². The van der Waals surface area contributed by atoms with Crippen LogP contribution in [-0.2, 0) is 10.3 Å². The van der Waals surface area contributed by atoms with Crippen molar-refractivity contribution in [2.45, 2.75) is 24.9 Å². The largest absolute Gasteiger partial charge is 0.493 e. The molecule has 2 aliphatic rings. The van der Waals surface area contributed by atoms with Crippen LogP contribution in [0.5, 0.6) is 17.2 Å². The van der Waals surface area contributed by atoms with E-state index in [-0.39, 0.29) is 0 Å². The van der Waals surface area contributed by atoms with E-state index < -0.39 is 11.6 Å². The minimum atomic E-state index is -0.913. The molecule has 0 N–H and O–H groups in total.